The molecule has 0 radical (unpaired) electrons. The molecule has 0 spiro atoms. The number of likely N-dealkylation sites (tertiary alicyclic amines) is 1. The quantitative estimate of drug-likeness (QED) is 0.534. The number of rotatable bonds is 7. The number of thiazole rings is 1. The van der Waals surface area contributed by atoms with Crippen LogP contribution < -0.4 is 10.6 Å². The Bertz CT molecular complexity index is 1130. The summed E-state index contributed by atoms with van der Waals surface area (Å²) in [4.78, 5) is 45.1. The van der Waals surface area contributed by atoms with Crippen LogP contribution in [0.1, 0.15) is 30.2 Å². The summed E-state index contributed by atoms with van der Waals surface area (Å²) in [6.07, 6.45) is 1.93. The minimum atomic E-state index is -0.239. The second-order valence-corrected chi connectivity index (χ2v) is 10.1. The highest BCUT2D eigenvalue weighted by molar-refractivity contribution is 7.17. The van der Waals surface area contributed by atoms with E-state index in [1.54, 1.807) is 16.2 Å². The molecule has 1 saturated heterocycles. The number of piperidine rings is 1. The Balaban J connectivity index is 1.32. The van der Waals surface area contributed by atoms with Crippen molar-refractivity contribution in [2.24, 2.45) is 5.92 Å². The lowest BCUT2D eigenvalue weighted by molar-refractivity contribution is -0.134. The summed E-state index contributed by atoms with van der Waals surface area (Å²) in [6, 6.07) is 13.6. The molecule has 1 aliphatic rings. The molecule has 1 aliphatic heterocycles. The maximum atomic E-state index is 12.9. The van der Waals surface area contributed by atoms with Gasteiger partial charge in [0, 0.05) is 30.3 Å². The third kappa shape index (κ3) is 6.27. The first-order valence-electron chi connectivity index (χ1n) is 10.9. The summed E-state index contributed by atoms with van der Waals surface area (Å²) in [5.41, 5.74) is 1.79. The van der Waals surface area contributed by atoms with Crippen molar-refractivity contribution >= 4 is 45.5 Å². The molecule has 2 N–H and O–H groups in total. The summed E-state index contributed by atoms with van der Waals surface area (Å²) >= 11 is 2.95. The fourth-order valence-corrected chi connectivity index (χ4v) is 5.47. The van der Waals surface area contributed by atoms with Crippen LogP contribution in [-0.2, 0) is 27.3 Å². The van der Waals surface area contributed by atoms with Gasteiger partial charge in [-0.3, -0.25) is 14.4 Å². The fourth-order valence-electron chi connectivity index (χ4n) is 3.77. The van der Waals surface area contributed by atoms with E-state index < -0.39 is 0 Å². The van der Waals surface area contributed by atoms with Gasteiger partial charge in [-0.15, -0.1) is 22.7 Å². The predicted molar refractivity (Wildman–Crippen MR) is 131 cm³/mol. The number of hydrogen-bond donors (Lipinski definition) is 2. The van der Waals surface area contributed by atoms with Gasteiger partial charge in [-0.05, 0) is 30.5 Å². The number of carbonyl (C=O) groups is 3. The Hall–Kier alpha value is -3.04. The highest BCUT2D eigenvalue weighted by Crippen LogP contribution is 2.31. The molecule has 1 fully saturated rings. The third-order valence-corrected chi connectivity index (χ3v) is 7.37. The molecule has 1 unspecified atom stereocenters. The van der Waals surface area contributed by atoms with E-state index in [4.69, 9.17) is 0 Å². The zero-order valence-corrected chi connectivity index (χ0v) is 20.0. The van der Waals surface area contributed by atoms with Crippen molar-refractivity contribution in [1.82, 2.24) is 15.2 Å². The van der Waals surface area contributed by atoms with E-state index in [0.29, 0.717) is 31.2 Å². The predicted octanol–water partition coefficient (Wildman–Crippen LogP) is 3.93. The molecule has 1 atom stereocenters. The Morgan fingerprint density at radius 2 is 1.97 bits per heavy atom. The van der Waals surface area contributed by atoms with Crippen molar-refractivity contribution < 1.29 is 14.4 Å². The number of benzene rings is 1. The summed E-state index contributed by atoms with van der Waals surface area (Å²) in [5.74, 6) is -0.336. The molecule has 4 rings (SSSR count). The zero-order chi connectivity index (χ0) is 23.2. The van der Waals surface area contributed by atoms with Gasteiger partial charge in [0.25, 0.3) is 0 Å². The van der Waals surface area contributed by atoms with E-state index in [9.17, 15) is 14.4 Å². The van der Waals surface area contributed by atoms with Gasteiger partial charge >= 0.3 is 0 Å². The summed E-state index contributed by atoms with van der Waals surface area (Å²) in [7, 11) is 0. The van der Waals surface area contributed by atoms with Crippen LogP contribution in [0.3, 0.4) is 0 Å². The molecule has 3 amide bonds. The number of nitrogens with one attached hydrogen (secondary N) is 2. The molecule has 0 saturated carbocycles. The summed E-state index contributed by atoms with van der Waals surface area (Å²) < 4.78 is 0. The number of nitrogens with zero attached hydrogens (tertiary/aromatic N) is 2. The van der Waals surface area contributed by atoms with Crippen LogP contribution >= 0.6 is 22.7 Å². The molecule has 33 heavy (non-hydrogen) atoms. The molecule has 172 valence electrons. The third-order valence-electron chi connectivity index (χ3n) is 5.50. The number of carbonyl (C=O) groups excluding carboxylic acids is 3. The van der Waals surface area contributed by atoms with Crippen LogP contribution in [0, 0.1) is 5.92 Å². The normalized spacial score (nSPS) is 15.8. The van der Waals surface area contributed by atoms with Crippen molar-refractivity contribution in [3.8, 4) is 10.6 Å². The van der Waals surface area contributed by atoms with Gasteiger partial charge in [-0.25, -0.2) is 4.98 Å². The molecule has 3 heterocycles. The van der Waals surface area contributed by atoms with Gasteiger partial charge in [0.2, 0.25) is 17.7 Å². The molecular weight excluding hydrogens is 456 g/mol. The number of amides is 3. The van der Waals surface area contributed by atoms with Gasteiger partial charge < -0.3 is 15.5 Å². The van der Waals surface area contributed by atoms with Crippen LogP contribution in [0.15, 0.2) is 47.8 Å². The molecule has 7 nitrogen and oxygen atoms in total. The second-order valence-electron chi connectivity index (χ2n) is 8.04. The van der Waals surface area contributed by atoms with Crippen LogP contribution in [0.5, 0.6) is 0 Å². The van der Waals surface area contributed by atoms with Crippen molar-refractivity contribution in [2.45, 2.75) is 32.7 Å². The lowest BCUT2D eigenvalue weighted by atomic mass is 9.96. The van der Waals surface area contributed by atoms with Crippen molar-refractivity contribution in [2.75, 3.05) is 18.4 Å². The van der Waals surface area contributed by atoms with Crippen LogP contribution in [0.25, 0.3) is 10.6 Å². The van der Waals surface area contributed by atoms with E-state index in [-0.39, 0.29) is 23.6 Å². The Labute approximate surface area is 200 Å². The monoisotopic (exact) mass is 482 g/mol. The molecule has 0 bridgehead atoms. The van der Waals surface area contributed by atoms with E-state index in [2.05, 4.69) is 15.6 Å². The maximum absolute atomic E-state index is 12.9. The van der Waals surface area contributed by atoms with Gasteiger partial charge in [0.1, 0.15) is 0 Å². The minimum absolute atomic E-state index is 0.0583. The van der Waals surface area contributed by atoms with Gasteiger partial charge in [0.05, 0.1) is 29.5 Å². The van der Waals surface area contributed by atoms with Gasteiger partial charge in [0.15, 0.2) is 5.13 Å². The van der Waals surface area contributed by atoms with Crippen LogP contribution in [-0.4, -0.2) is 40.7 Å². The Morgan fingerprint density at radius 1 is 1.15 bits per heavy atom. The fraction of sp³-hybridized carbons (Fsp3) is 0.333. The highest BCUT2D eigenvalue weighted by Gasteiger charge is 2.29. The van der Waals surface area contributed by atoms with Gasteiger partial charge in [-0.1, -0.05) is 30.3 Å². The van der Waals surface area contributed by atoms with Crippen molar-refractivity contribution in [3.63, 3.8) is 0 Å². The lowest BCUT2D eigenvalue weighted by Crippen LogP contribution is -2.44. The average molecular weight is 483 g/mol. The number of hydrogen-bond acceptors (Lipinski definition) is 6. The minimum Gasteiger partial charge on any atom is -0.351 e. The van der Waals surface area contributed by atoms with Crippen LogP contribution in [0.4, 0.5) is 5.13 Å². The molecule has 2 aromatic heterocycles. The number of anilines is 1. The average Bonchev–Trinajstić information content (AvgIpc) is 3.48. The molecule has 9 heteroatoms. The summed E-state index contributed by atoms with van der Waals surface area (Å²) in [6.45, 7) is 3.12. The largest absolute Gasteiger partial charge is 0.351 e. The molecule has 3 aromatic rings. The van der Waals surface area contributed by atoms with E-state index in [1.807, 2.05) is 47.8 Å². The SMILES string of the molecule is CC(=O)NCc1ccc(-c2csc(NC(=O)C3CCCN(C(=O)Cc4ccccc4)C3)n2)s1. The van der Waals surface area contributed by atoms with E-state index in [0.717, 1.165) is 33.9 Å². The van der Waals surface area contributed by atoms with Crippen molar-refractivity contribution in [1.29, 1.82) is 0 Å². The number of thiophene rings is 1. The first kappa shape index (κ1) is 23.1. The smallest absolute Gasteiger partial charge is 0.231 e. The number of aromatic nitrogens is 1. The lowest BCUT2D eigenvalue weighted by Gasteiger charge is -2.32. The second kappa shape index (κ2) is 10.7. The first-order chi connectivity index (χ1) is 16.0. The maximum Gasteiger partial charge on any atom is 0.231 e. The highest BCUT2D eigenvalue weighted by atomic mass is 32.1. The first-order valence-corrected chi connectivity index (χ1v) is 12.6. The molecular formula is C24H26N4O3S2. The van der Waals surface area contributed by atoms with Gasteiger partial charge in [-0.2, -0.15) is 0 Å². The Morgan fingerprint density at radius 3 is 2.76 bits per heavy atom. The Kier molecular flexibility index (Phi) is 7.51. The molecule has 1 aromatic carbocycles. The summed E-state index contributed by atoms with van der Waals surface area (Å²) in [5, 5.41) is 8.20. The molecule has 0 aliphatic carbocycles. The van der Waals surface area contributed by atoms with E-state index in [1.165, 1.54) is 18.3 Å². The van der Waals surface area contributed by atoms with E-state index >= 15 is 0 Å². The van der Waals surface area contributed by atoms with Crippen molar-refractivity contribution in [3.05, 3.63) is 58.3 Å². The van der Waals surface area contributed by atoms with Crippen LogP contribution in [0.2, 0.25) is 0 Å². The standard InChI is InChI=1S/C24H26N4O3S2/c1-16(29)25-13-19-9-10-21(33-19)20-15-32-24(26-20)27-23(31)18-8-5-11-28(14-18)22(30)12-17-6-3-2-4-7-17/h2-4,6-7,9-10,15,18H,5,8,11-14H2,1H3,(H,25,29)(H,26,27,31). The zero-order valence-electron chi connectivity index (χ0n) is 18.4. The topological polar surface area (TPSA) is 91.4 Å².